The predicted molar refractivity (Wildman–Crippen MR) is 45.9 cm³/mol. The number of carbonyl (C=O) groups excluding carboxylic acids is 1. The molecule has 0 aliphatic heterocycles. The standard InChI is InChI=1S/C9H3F6NO2/c10-8(11,12)6-3-5(18-9(13,14)15)1-2-7(6)16-4-17/h1-3H. The van der Waals surface area contributed by atoms with Crippen molar-refractivity contribution in [3.63, 3.8) is 0 Å². The average Bonchev–Trinajstić information content (AvgIpc) is 2.16. The zero-order valence-corrected chi connectivity index (χ0v) is 8.26. The molecule has 1 aromatic rings. The van der Waals surface area contributed by atoms with Crippen molar-refractivity contribution in [3.8, 4) is 5.75 Å². The molecule has 0 unspecified atom stereocenters. The van der Waals surface area contributed by atoms with Gasteiger partial charge in [-0.25, -0.2) is 4.79 Å². The normalized spacial score (nSPS) is 11.9. The van der Waals surface area contributed by atoms with Crippen molar-refractivity contribution in [2.75, 3.05) is 0 Å². The zero-order valence-electron chi connectivity index (χ0n) is 8.26. The maximum Gasteiger partial charge on any atom is 0.573 e. The van der Waals surface area contributed by atoms with Crippen LogP contribution in [-0.2, 0) is 11.0 Å². The van der Waals surface area contributed by atoms with Gasteiger partial charge in [0.15, 0.2) is 0 Å². The Labute approximate surface area is 95.7 Å². The molecule has 0 saturated carbocycles. The van der Waals surface area contributed by atoms with E-state index in [0.29, 0.717) is 12.1 Å². The van der Waals surface area contributed by atoms with E-state index >= 15 is 0 Å². The van der Waals surface area contributed by atoms with Gasteiger partial charge in [-0.1, -0.05) is 0 Å². The van der Waals surface area contributed by atoms with E-state index in [1.807, 2.05) is 0 Å². The molecule has 3 nitrogen and oxygen atoms in total. The summed E-state index contributed by atoms with van der Waals surface area (Å²) < 4.78 is 76.2. The summed E-state index contributed by atoms with van der Waals surface area (Å²) >= 11 is 0. The number of rotatable bonds is 2. The quantitative estimate of drug-likeness (QED) is 0.468. The zero-order chi connectivity index (χ0) is 14.0. The fourth-order valence-corrected chi connectivity index (χ4v) is 1.09. The van der Waals surface area contributed by atoms with E-state index < -0.39 is 29.5 Å². The summed E-state index contributed by atoms with van der Waals surface area (Å²) in [7, 11) is 0. The molecule has 0 saturated heterocycles. The van der Waals surface area contributed by atoms with Crippen LogP contribution >= 0.6 is 0 Å². The first kappa shape index (κ1) is 14.0. The van der Waals surface area contributed by atoms with E-state index in [2.05, 4.69) is 9.73 Å². The molecule has 9 heteroatoms. The lowest BCUT2D eigenvalue weighted by Crippen LogP contribution is -2.17. The predicted octanol–water partition coefficient (Wildman–Crippen LogP) is 3.57. The van der Waals surface area contributed by atoms with Crippen molar-refractivity contribution in [2.45, 2.75) is 12.5 Å². The minimum Gasteiger partial charge on any atom is -0.406 e. The Bertz CT molecular complexity index is 487. The molecule has 0 fully saturated rings. The molecule has 1 aromatic carbocycles. The largest absolute Gasteiger partial charge is 0.573 e. The van der Waals surface area contributed by atoms with E-state index in [0.717, 1.165) is 6.08 Å². The van der Waals surface area contributed by atoms with Gasteiger partial charge in [-0.3, -0.25) is 0 Å². The molecule has 0 spiro atoms. The van der Waals surface area contributed by atoms with Gasteiger partial charge in [0, 0.05) is 0 Å². The Morgan fingerprint density at radius 1 is 1.11 bits per heavy atom. The summed E-state index contributed by atoms with van der Waals surface area (Å²) in [5.41, 5.74) is -2.36. The van der Waals surface area contributed by atoms with Crippen molar-refractivity contribution in [3.05, 3.63) is 23.8 Å². The lowest BCUT2D eigenvalue weighted by Gasteiger charge is -2.13. The highest BCUT2D eigenvalue weighted by Crippen LogP contribution is 2.39. The van der Waals surface area contributed by atoms with E-state index in [1.165, 1.54) is 0 Å². The third-order valence-corrected chi connectivity index (χ3v) is 1.67. The van der Waals surface area contributed by atoms with Gasteiger partial charge in [-0.2, -0.15) is 18.2 Å². The molecular weight excluding hydrogens is 268 g/mol. The maximum atomic E-state index is 12.5. The number of hydrogen-bond donors (Lipinski definition) is 0. The molecule has 98 valence electrons. The second kappa shape index (κ2) is 4.69. The first-order chi connectivity index (χ1) is 8.13. The molecule has 0 atom stereocenters. The third kappa shape index (κ3) is 3.77. The van der Waals surface area contributed by atoms with Crippen LogP contribution in [0.5, 0.6) is 5.75 Å². The van der Waals surface area contributed by atoms with Crippen LogP contribution in [0.25, 0.3) is 0 Å². The van der Waals surface area contributed by atoms with Crippen LogP contribution in [0.1, 0.15) is 5.56 Å². The number of halogens is 6. The van der Waals surface area contributed by atoms with Crippen molar-refractivity contribution in [2.24, 2.45) is 4.99 Å². The SMILES string of the molecule is O=C=Nc1ccc(OC(F)(F)F)cc1C(F)(F)F. The fraction of sp³-hybridized carbons (Fsp3) is 0.222. The lowest BCUT2D eigenvalue weighted by molar-refractivity contribution is -0.274. The van der Waals surface area contributed by atoms with Gasteiger partial charge in [0.25, 0.3) is 0 Å². The fourth-order valence-electron chi connectivity index (χ4n) is 1.09. The summed E-state index contributed by atoms with van der Waals surface area (Å²) in [6, 6.07) is 1.29. The third-order valence-electron chi connectivity index (χ3n) is 1.67. The average molecular weight is 271 g/mol. The molecule has 0 amide bonds. The molecule has 0 aromatic heterocycles. The van der Waals surface area contributed by atoms with Gasteiger partial charge in [0.2, 0.25) is 6.08 Å². The Hall–Kier alpha value is -2.02. The molecule has 1 rings (SSSR count). The number of nitrogens with zero attached hydrogens (tertiary/aromatic N) is 1. The minimum absolute atomic E-state index is 0.101. The molecular formula is C9H3F6NO2. The summed E-state index contributed by atoms with van der Waals surface area (Å²) in [4.78, 5) is 12.6. The maximum absolute atomic E-state index is 12.5. The number of isocyanates is 1. The van der Waals surface area contributed by atoms with Crippen molar-refractivity contribution in [1.29, 1.82) is 0 Å². The van der Waals surface area contributed by atoms with Crippen molar-refractivity contribution < 1.29 is 35.9 Å². The minimum atomic E-state index is -5.11. The van der Waals surface area contributed by atoms with E-state index in [4.69, 9.17) is 0 Å². The molecule has 0 N–H and O–H groups in total. The van der Waals surface area contributed by atoms with E-state index in [9.17, 15) is 31.1 Å². The van der Waals surface area contributed by atoms with Crippen LogP contribution in [0.15, 0.2) is 23.2 Å². The first-order valence-corrected chi connectivity index (χ1v) is 4.18. The monoisotopic (exact) mass is 271 g/mol. The number of hydrogen-bond acceptors (Lipinski definition) is 3. The van der Waals surface area contributed by atoms with Crippen molar-refractivity contribution in [1.82, 2.24) is 0 Å². The summed E-state index contributed by atoms with van der Waals surface area (Å²) in [5.74, 6) is -1.06. The topological polar surface area (TPSA) is 38.7 Å². The number of aliphatic imine (C=N–C) groups is 1. The smallest absolute Gasteiger partial charge is 0.406 e. The Kier molecular flexibility index (Phi) is 3.66. The lowest BCUT2D eigenvalue weighted by atomic mass is 10.1. The second-order valence-corrected chi connectivity index (χ2v) is 2.93. The Morgan fingerprint density at radius 2 is 1.72 bits per heavy atom. The highest BCUT2D eigenvalue weighted by Gasteiger charge is 2.36. The molecule has 18 heavy (non-hydrogen) atoms. The van der Waals surface area contributed by atoms with Crippen LogP contribution in [0.2, 0.25) is 0 Å². The van der Waals surface area contributed by atoms with Crippen LogP contribution in [-0.4, -0.2) is 12.4 Å². The molecule has 0 aliphatic carbocycles. The van der Waals surface area contributed by atoms with Gasteiger partial charge >= 0.3 is 12.5 Å². The Balaban J connectivity index is 3.26. The Morgan fingerprint density at radius 3 is 2.17 bits per heavy atom. The highest BCUT2D eigenvalue weighted by atomic mass is 19.4. The van der Waals surface area contributed by atoms with Crippen LogP contribution in [0, 0.1) is 0 Å². The molecule has 0 heterocycles. The van der Waals surface area contributed by atoms with Gasteiger partial charge < -0.3 is 4.74 Å². The van der Waals surface area contributed by atoms with Gasteiger partial charge in [-0.05, 0) is 18.2 Å². The van der Waals surface area contributed by atoms with Gasteiger partial charge in [-0.15, -0.1) is 13.2 Å². The molecule has 0 radical (unpaired) electrons. The molecule has 0 aliphatic rings. The number of ether oxygens (including phenoxy) is 1. The van der Waals surface area contributed by atoms with Crippen LogP contribution in [0.3, 0.4) is 0 Å². The summed E-state index contributed by atoms with van der Waals surface area (Å²) in [6.45, 7) is 0. The molecule has 0 bridgehead atoms. The van der Waals surface area contributed by atoms with Crippen molar-refractivity contribution >= 4 is 11.8 Å². The van der Waals surface area contributed by atoms with Crippen LogP contribution in [0.4, 0.5) is 32.0 Å². The number of benzene rings is 1. The van der Waals surface area contributed by atoms with E-state index in [1.54, 1.807) is 0 Å². The summed E-state index contributed by atoms with van der Waals surface area (Å²) in [5, 5.41) is 0. The highest BCUT2D eigenvalue weighted by molar-refractivity contribution is 5.56. The first-order valence-electron chi connectivity index (χ1n) is 4.18. The van der Waals surface area contributed by atoms with E-state index in [-0.39, 0.29) is 6.07 Å². The second-order valence-electron chi connectivity index (χ2n) is 2.93. The van der Waals surface area contributed by atoms with Gasteiger partial charge in [0.1, 0.15) is 5.75 Å². The van der Waals surface area contributed by atoms with Crippen LogP contribution < -0.4 is 4.74 Å². The number of alkyl halides is 6. The van der Waals surface area contributed by atoms with Gasteiger partial charge in [0.05, 0.1) is 11.3 Å². The summed E-state index contributed by atoms with van der Waals surface area (Å²) in [6.07, 6.45) is -9.21.